The van der Waals surface area contributed by atoms with E-state index in [1.54, 1.807) is 6.92 Å². The molecule has 0 aromatic rings. The van der Waals surface area contributed by atoms with Crippen molar-refractivity contribution in [2.24, 2.45) is 0 Å². The molecule has 3 aliphatic heterocycles. The lowest BCUT2D eigenvalue weighted by Crippen LogP contribution is -2.65. The van der Waals surface area contributed by atoms with Crippen LogP contribution in [0, 0.1) is 0 Å². The Morgan fingerprint density at radius 1 is 0.677 bits per heavy atom. The van der Waals surface area contributed by atoms with Crippen molar-refractivity contribution in [2.45, 2.75) is 106 Å². The zero-order valence-corrected chi connectivity index (χ0v) is 17.1. The highest BCUT2D eigenvalue weighted by atomic mass is 16.8. The van der Waals surface area contributed by atoms with Gasteiger partial charge in [0.15, 0.2) is 18.9 Å². The first-order chi connectivity index (χ1) is 14.5. The summed E-state index contributed by atoms with van der Waals surface area (Å²) < 4.78 is 27.2. The standard InChI is InChI=1S/C18H32O13/c1-5-7(20)3-8(21)17(28-5)30-14-10(22)6(2)27-16(26)15(14)31-18-13(25)12(24)11(23)9(4-19)29-18/h5-26H,3-4H2,1-2H3/t5-,6-,7-,8-,9-,10-,11+,12+,13-,14+,15+,16+,17-,18-/m1/s1. The molecule has 3 aliphatic rings. The third kappa shape index (κ3) is 5.19. The molecule has 3 fully saturated rings. The molecule has 14 atom stereocenters. The molecule has 0 unspecified atom stereocenters. The van der Waals surface area contributed by atoms with E-state index >= 15 is 0 Å². The SMILES string of the molecule is C[C@H]1O[C@H](O)[C@@H](O[C@H]2O[C@H](CO)[C@H](O)[C@H](O)[C@H]2O)[C@@H](O[C@H]2O[C@H](C)[C@H](O)C[C@H]2O)[C@@H]1O. The fourth-order valence-corrected chi connectivity index (χ4v) is 3.86. The summed E-state index contributed by atoms with van der Waals surface area (Å²) in [6, 6.07) is 0. The van der Waals surface area contributed by atoms with Crippen LogP contribution in [0.4, 0.5) is 0 Å². The maximum absolute atomic E-state index is 10.6. The molecule has 0 aliphatic carbocycles. The van der Waals surface area contributed by atoms with E-state index in [0.29, 0.717) is 0 Å². The van der Waals surface area contributed by atoms with Gasteiger partial charge in [0.05, 0.1) is 24.9 Å². The van der Waals surface area contributed by atoms with E-state index in [2.05, 4.69) is 0 Å². The molecule has 0 aromatic carbocycles. The van der Waals surface area contributed by atoms with Crippen LogP contribution in [0.15, 0.2) is 0 Å². The molecule has 0 saturated carbocycles. The molecule has 0 spiro atoms. The van der Waals surface area contributed by atoms with Crippen LogP contribution >= 0.6 is 0 Å². The molecular weight excluding hydrogens is 424 g/mol. The summed E-state index contributed by atoms with van der Waals surface area (Å²) in [7, 11) is 0. The average molecular weight is 456 g/mol. The van der Waals surface area contributed by atoms with E-state index < -0.39 is 92.6 Å². The number of rotatable bonds is 5. The molecular formula is C18H32O13. The zero-order chi connectivity index (χ0) is 23.0. The van der Waals surface area contributed by atoms with Crippen LogP contribution in [0.2, 0.25) is 0 Å². The van der Waals surface area contributed by atoms with Crippen molar-refractivity contribution in [1.82, 2.24) is 0 Å². The van der Waals surface area contributed by atoms with Gasteiger partial charge in [-0.3, -0.25) is 0 Å². The Bertz CT molecular complexity index is 579. The highest BCUT2D eigenvalue weighted by molar-refractivity contribution is 4.94. The van der Waals surface area contributed by atoms with Gasteiger partial charge in [0, 0.05) is 6.42 Å². The van der Waals surface area contributed by atoms with Gasteiger partial charge in [-0.2, -0.15) is 0 Å². The van der Waals surface area contributed by atoms with Gasteiger partial charge in [0.25, 0.3) is 0 Å². The molecule has 0 aromatic heterocycles. The molecule has 31 heavy (non-hydrogen) atoms. The summed E-state index contributed by atoms with van der Waals surface area (Å²) in [5.41, 5.74) is 0. The fourth-order valence-electron chi connectivity index (χ4n) is 3.86. The molecule has 13 heteroatoms. The summed E-state index contributed by atoms with van der Waals surface area (Å²) in [5.74, 6) is 0. The van der Waals surface area contributed by atoms with Gasteiger partial charge in [0.1, 0.15) is 48.8 Å². The lowest BCUT2D eigenvalue weighted by atomic mass is 9.97. The summed E-state index contributed by atoms with van der Waals surface area (Å²) in [6.07, 6.45) is -18.8. The van der Waals surface area contributed by atoms with Gasteiger partial charge in [-0.1, -0.05) is 0 Å². The highest BCUT2D eigenvalue weighted by Gasteiger charge is 2.51. The van der Waals surface area contributed by atoms with Gasteiger partial charge in [0.2, 0.25) is 0 Å². The Balaban J connectivity index is 1.77. The monoisotopic (exact) mass is 456 g/mol. The number of aliphatic hydroxyl groups is 8. The first-order valence-corrected chi connectivity index (χ1v) is 10.2. The smallest absolute Gasteiger partial charge is 0.187 e. The quantitative estimate of drug-likeness (QED) is 0.196. The minimum atomic E-state index is -1.76. The first-order valence-electron chi connectivity index (χ1n) is 10.2. The normalized spacial score (nSPS) is 54.0. The second-order valence-corrected chi connectivity index (χ2v) is 8.20. The Morgan fingerprint density at radius 3 is 1.97 bits per heavy atom. The molecule has 3 rings (SSSR count). The Kier molecular flexibility index (Phi) is 8.24. The Morgan fingerprint density at radius 2 is 1.32 bits per heavy atom. The lowest BCUT2D eigenvalue weighted by Gasteiger charge is -2.47. The van der Waals surface area contributed by atoms with Crippen molar-refractivity contribution in [3.8, 4) is 0 Å². The summed E-state index contributed by atoms with van der Waals surface area (Å²) in [5, 5.41) is 80.4. The van der Waals surface area contributed by atoms with E-state index in [9.17, 15) is 40.9 Å². The predicted octanol–water partition coefficient (Wildman–Crippen LogP) is -4.49. The molecule has 0 radical (unpaired) electrons. The molecule has 3 saturated heterocycles. The molecule has 0 amide bonds. The van der Waals surface area contributed by atoms with Crippen LogP contribution in [-0.4, -0.2) is 133 Å². The van der Waals surface area contributed by atoms with Crippen LogP contribution in [0.3, 0.4) is 0 Å². The van der Waals surface area contributed by atoms with Crippen molar-refractivity contribution in [3.63, 3.8) is 0 Å². The highest BCUT2D eigenvalue weighted by Crippen LogP contribution is 2.32. The van der Waals surface area contributed by atoms with Gasteiger partial charge in [-0.15, -0.1) is 0 Å². The van der Waals surface area contributed by atoms with Crippen LogP contribution in [0.1, 0.15) is 20.3 Å². The number of ether oxygens (including phenoxy) is 5. The van der Waals surface area contributed by atoms with Crippen LogP contribution in [-0.2, 0) is 23.7 Å². The molecule has 13 nitrogen and oxygen atoms in total. The maximum Gasteiger partial charge on any atom is 0.187 e. The fraction of sp³-hybridized carbons (Fsp3) is 1.00. The summed E-state index contributed by atoms with van der Waals surface area (Å²) >= 11 is 0. The van der Waals surface area contributed by atoms with E-state index in [1.165, 1.54) is 6.92 Å². The lowest BCUT2D eigenvalue weighted by molar-refractivity contribution is -0.380. The van der Waals surface area contributed by atoms with Crippen molar-refractivity contribution in [3.05, 3.63) is 0 Å². The van der Waals surface area contributed by atoms with Gasteiger partial charge in [-0.05, 0) is 13.8 Å². The first kappa shape index (κ1) is 25.1. The van der Waals surface area contributed by atoms with Crippen molar-refractivity contribution >= 4 is 0 Å². The van der Waals surface area contributed by atoms with Crippen LogP contribution < -0.4 is 0 Å². The molecule has 182 valence electrons. The number of hydrogen-bond acceptors (Lipinski definition) is 13. The second-order valence-electron chi connectivity index (χ2n) is 8.20. The van der Waals surface area contributed by atoms with Crippen molar-refractivity contribution < 1.29 is 64.5 Å². The van der Waals surface area contributed by atoms with Gasteiger partial charge >= 0.3 is 0 Å². The average Bonchev–Trinajstić information content (AvgIpc) is 2.72. The molecule has 0 bridgehead atoms. The van der Waals surface area contributed by atoms with Crippen molar-refractivity contribution in [2.75, 3.05) is 6.61 Å². The second kappa shape index (κ2) is 10.2. The largest absolute Gasteiger partial charge is 0.394 e. The van der Waals surface area contributed by atoms with E-state index in [-0.39, 0.29) is 6.42 Å². The minimum Gasteiger partial charge on any atom is -0.394 e. The Labute approximate surface area is 178 Å². The Hall–Kier alpha value is -0.520. The number of aliphatic hydroxyl groups excluding tert-OH is 8. The third-order valence-corrected chi connectivity index (χ3v) is 5.90. The number of hydrogen-bond donors (Lipinski definition) is 8. The van der Waals surface area contributed by atoms with Gasteiger partial charge in [-0.25, -0.2) is 0 Å². The summed E-state index contributed by atoms with van der Waals surface area (Å²) in [4.78, 5) is 0. The molecule has 8 N–H and O–H groups in total. The van der Waals surface area contributed by atoms with Crippen LogP contribution in [0.5, 0.6) is 0 Å². The third-order valence-electron chi connectivity index (χ3n) is 5.90. The zero-order valence-electron chi connectivity index (χ0n) is 17.1. The topological polar surface area (TPSA) is 208 Å². The van der Waals surface area contributed by atoms with Crippen molar-refractivity contribution in [1.29, 1.82) is 0 Å². The maximum atomic E-state index is 10.6. The van der Waals surface area contributed by atoms with Crippen LogP contribution in [0.25, 0.3) is 0 Å². The van der Waals surface area contributed by atoms with E-state index in [1.807, 2.05) is 0 Å². The van der Waals surface area contributed by atoms with E-state index in [0.717, 1.165) is 0 Å². The summed E-state index contributed by atoms with van der Waals surface area (Å²) in [6.45, 7) is 2.36. The predicted molar refractivity (Wildman–Crippen MR) is 97.0 cm³/mol. The molecule has 3 heterocycles. The van der Waals surface area contributed by atoms with Gasteiger partial charge < -0.3 is 64.5 Å². The minimum absolute atomic E-state index is 0.0402. The van der Waals surface area contributed by atoms with E-state index in [4.69, 9.17) is 23.7 Å².